The Morgan fingerprint density at radius 2 is 1.69 bits per heavy atom. The molecule has 8 nitrogen and oxygen atoms in total. The summed E-state index contributed by atoms with van der Waals surface area (Å²) in [5.74, 6) is -0.268. The maximum Gasteiger partial charge on any atom is 0.264 e. The van der Waals surface area contributed by atoms with Crippen LogP contribution in [0.3, 0.4) is 0 Å². The second kappa shape index (κ2) is 14.3. The highest BCUT2D eigenvalue weighted by atomic mass is 35.5. The number of ether oxygens (including phenoxy) is 1. The third-order valence-corrected chi connectivity index (χ3v) is 9.71. The van der Waals surface area contributed by atoms with E-state index < -0.39 is 28.5 Å². The van der Waals surface area contributed by atoms with Crippen LogP contribution in [0.15, 0.2) is 77.7 Å². The highest BCUT2D eigenvalue weighted by molar-refractivity contribution is 7.92. The Morgan fingerprint density at radius 3 is 2.36 bits per heavy atom. The van der Waals surface area contributed by atoms with Gasteiger partial charge in [-0.2, -0.15) is 0 Å². The zero-order valence-electron chi connectivity index (χ0n) is 23.6. The number of hydrogen-bond acceptors (Lipinski definition) is 5. The first-order chi connectivity index (χ1) is 20.1. The lowest BCUT2D eigenvalue weighted by Gasteiger charge is -2.33. The van der Waals surface area contributed by atoms with Crippen molar-refractivity contribution < 1.29 is 22.7 Å². The summed E-state index contributed by atoms with van der Waals surface area (Å²) < 4.78 is 34.1. The van der Waals surface area contributed by atoms with E-state index in [2.05, 4.69) is 5.32 Å². The van der Waals surface area contributed by atoms with Gasteiger partial charge in [-0.3, -0.25) is 13.9 Å². The number of nitrogens with one attached hydrogen (secondary N) is 1. The van der Waals surface area contributed by atoms with Crippen molar-refractivity contribution in [3.8, 4) is 5.75 Å². The number of rotatable bonds is 11. The maximum atomic E-state index is 14.1. The number of halogens is 2. The van der Waals surface area contributed by atoms with Gasteiger partial charge in [0.25, 0.3) is 10.0 Å². The van der Waals surface area contributed by atoms with E-state index in [1.165, 1.54) is 35.2 Å². The van der Waals surface area contributed by atoms with Gasteiger partial charge in [-0.15, -0.1) is 0 Å². The number of anilines is 1. The maximum absolute atomic E-state index is 14.1. The molecule has 0 saturated heterocycles. The Hall–Kier alpha value is -3.27. The predicted octanol–water partition coefficient (Wildman–Crippen LogP) is 6.06. The normalized spacial score (nSPS) is 14.6. The highest BCUT2D eigenvalue weighted by Gasteiger charge is 2.34. The molecule has 0 radical (unpaired) electrons. The minimum absolute atomic E-state index is 0.00810. The molecule has 2 amide bonds. The summed E-state index contributed by atoms with van der Waals surface area (Å²) in [5, 5.41) is 3.48. The Balaban J connectivity index is 1.70. The highest BCUT2D eigenvalue weighted by Crippen LogP contribution is 2.33. The van der Waals surface area contributed by atoms with Crippen LogP contribution in [0.2, 0.25) is 10.0 Å². The third-order valence-electron chi connectivity index (χ3n) is 7.39. The molecule has 1 saturated carbocycles. The molecular formula is C31H35Cl2N3O5S. The molecule has 3 aromatic rings. The van der Waals surface area contributed by atoms with Crippen LogP contribution in [0.4, 0.5) is 5.69 Å². The fourth-order valence-corrected chi connectivity index (χ4v) is 7.05. The smallest absolute Gasteiger partial charge is 0.264 e. The van der Waals surface area contributed by atoms with E-state index in [0.717, 1.165) is 42.0 Å². The molecule has 42 heavy (non-hydrogen) atoms. The molecule has 0 heterocycles. The Morgan fingerprint density at radius 1 is 0.976 bits per heavy atom. The molecule has 0 aliphatic heterocycles. The van der Waals surface area contributed by atoms with Crippen LogP contribution in [-0.2, 0) is 26.2 Å². The molecule has 1 aliphatic carbocycles. The van der Waals surface area contributed by atoms with Crippen molar-refractivity contribution in [1.29, 1.82) is 0 Å². The molecule has 0 unspecified atom stereocenters. The standard InChI is InChI=1S/C31H35Cl2N3O5S/c1-22(31(38)34-25-11-5-3-6-12-25)35(20-23-10-9-13-26(18-23)41-2)30(37)21-36(29-17-16-24(32)19-28(29)33)42(39,40)27-14-7-4-8-15-27/h4,7-10,13-19,22,25H,3,5-6,11-12,20-21H2,1-2H3,(H,34,38)/t22-/m0/s1. The molecule has 4 rings (SSSR count). The van der Waals surface area contributed by atoms with Crippen LogP contribution in [0.1, 0.15) is 44.6 Å². The van der Waals surface area contributed by atoms with E-state index in [1.54, 1.807) is 50.4 Å². The largest absolute Gasteiger partial charge is 0.497 e. The van der Waals surface area contributed by atoms with Gasteiger partial charge in [-0.05, 0) is 67.8 Å². The van der Waals surface area contributed by atoms with Crippen molar-refractivity contribution in [3.05, 3.63) is 88.4 Å². The number of methoxy groups -OCH3 is 1. The first kappa shape index (κ1) is 31.7. The monoisotopic (exact) mass is 631 g/mol. The number of hydrogen-bond donors (Lipinski definition) is 1. The van der Waals surface area contributed by atoms with Gasteiger partial charge in [0.05, 0.1) is 22.7 Å². The summed E-state index contributed by atoms with van der Waals surface area (Å²) in [7, 11) is -2.69. The minimum Gasteiger partial charge on any atom is -0.497 e. The second-order valence-corrected chi connectivity index (χ2v) is 13.0. The van der Waals surface area contributed by atoms with Gasteiger partial charge in [0.15, 0.2) is 0 Å². The quantitative estimate of drug-likeness (QED) is 0.277. The van der Waals surface area contributed by atoms with E-state index in [-0.39, 0.29) is 34.1 Å². The molecule has 224 valence electrons. The van der Waals surface area contributed by atoms with E-state index in [0.29, 0.717) is 10.8 Å². The molecule has 1 atom stereocenters. The van der Waals surface area contributed by atoms with Crippen molar-refractivity contribution in [2.45, 2.75) is 62.6 Å². The predicted molar refractivity (Wildman–Crippen MR) is 165 cm³/mol. The fourth-order valence-electron chi connectivity index (χ4n) is 5.04. The molecule has 11 heteroatoms. The van der Waals surface area contributed by atoms with Crippen LogP contribution in [-0.4, -0.2) is 50.9 Å². The number of amides is 2. The average Bonchev–Trinajstić information content (AvgIpc) is 2.99. The first-order valence-electron chi connectivity index (χ1n) is 13.9. The van der Waals surface area contributed by atoms with Crippen LogP contribution < -0.4 is 14.4 Å². The molecule has 1 fully saturated rings. The van der Waals surface area contributed by atoms with E-state index in [4.69, 9.17) is 27.9 Å². The molecule has 0 bridgehead atoms. The first-order valence-corrected chi connectivity index (χ1v) is 16.1. The molecule has 1 N–H and O–H groups in total. The van der Waals surface area contributed by atoms with Crippen molar-refractivity contribution >= 4 is 50.7 Å². The average molecular weight is 633 g/mol. The van der Waals surface area contributed by atoms with Crippen molar-refractivity contribution in [2.75, 3.05) is 18.0 Å². The molecule has 3 aromatic carbocycles. The van der Waals surface area contributed by atoms with Gasteiger partial charge < -0.3 is 15.0 Å². The fraction of sp³-hybridized carbons (Fsp3) is 0.355. The van der Waals surface area contributed by atoms with Crippen LogP contribution in [0, 0.1) is 0 Å². The Labute approximate surface area is 257 Å². The molecular weight excluding hydrogens is 597 g/mol. The van der Waals surface area contributed by atoms with Crippen LogP contribution >= 0.6 is 23.2 Å². The molecule has 0 aromatic heterocycles. The van der Waals surface area contributed by atoms with Crippen LogP contribution in [0.25, 0.3) is 0 Å². The zero-order chi connectivity index (χ0) is 30.3. The third kappa shape index (κ3) is 7.76. The van der Waals surface area contributed by atoms with Crippen molar-refractivity contribution in [1.82, 2.24) is 10.2 Å². The lowest BCUT2D eigenvalue weighted by molar-refractivity contribution is -0.139. The summed E-state index contributed by atoms with van der Waals surface area (Å²) in [6, 6.07) is 18.5. The summed E-state index contributed by atoms with van der Waals surface area (Å²) in [4.78, 5) is 28.9. The van der Waals surface area contributed by atoms with Gasteiger partial charge >= 0.3 is 0 Å². The van der Waals surface area contributed by atoms with E-state index in [9.17, 15) is 18.0 Å². The van der Waals surface area contributed by atoms with Gasteiger partial charge in [0, 0.05) is 17.6 Å². The van der Waals surface area contributed by atoms with Gasteiger partial charge in [-0.25, -0.2) is 8.42 Å². The van der Waals surface area contributed by atoms with Gasteiger partial charge in [0.2, 0.25) is 11.8 Å². The lowest BCUT2D eigenvalue weighted by Crippen LogP contribution is -2.53. The Kier molecular flexibility index (Phi) is 10.8. The van der Waals surface area contributed by atoms with E-state index >= 15 is 0 Å². The topological polar surface area (TPSA) is 96.0 Å². The summed E-state index contributed by atoms with van der Waals surface area (Å²) in [5.41, 5.74) is 0.820. The summed E-state index contributed by atoms with van der Waals surface area (Å²) >= 11 is 12.6. The van der Waals surface area contributed by atoms with Crippen molar-refractivity contribution in [3.63, 3.8) is 0 Å². The second-order valence-electron chi connectivity index (χ2n) is 10.3. The number of carbonyl (C=O) groups excluding carboxylic acids is 2. The zero-order valence-corrected chi connectivity index (χ0v) is 26.0. The summed E-state index contributed by atoms with van der Waals surface area (Å²) in [6.07, 6.45) is 5.00. The Bertz CT molecular complexity index is 1500. The SMILES string of the molecule is COc1cccc(CN(C(=O)CN(c2ccc(Cl)cc2Cl)S(=O)(=O)c2ccccc2)[C@@H](C)C(=O)NC2CCCCC2)c1. The number of carbonyl (C=O) groups is 2. The summed E-state index contributed by atoms with van der Waals surface area (Å²) in [6.45, 7) is 1.12. The van der Waals surface area contributed by atoms with E-state index in [1.807, 2.05) is 6.07 Å². The lowest BCUT2D eigenvalue weighted by atomic mass is 9.95. The van der Waals surface area contributed by atoms with Crippen molar-refractivity contribution in [2.24, 2.45) is 0 Å². The number of nitrogens with zero attached hydrogens (tertiary/aromatic N) is 2. The molecule has 1 aliphatic rings. The molecule has 0 spiro atoms. The van der Waals surface area contributed by atoms with Gasteiger partial charge in [-0.1, -0.05) is 72.8 Å². The van der Waals surface area contributed by atoms with Gasteiger partial charge in [0.1, 0.15) is 18.3 Å². The minimum atomic E-state index is -4.23. The van der Waals surface area contributed by atoms with Crippen LogP contribution in [0.5, 0.6) is 5.75 Å². The number of sulfonamides is 1. The number of benzene rings is 3.